The molecule has 1 atom stereocenters. The Bertz CT molecular complexity index is 425. The summed E-state index contributed by atoms with van der Waals surface area (Å²) < 4.78 is 5.38. The number of carbonyl (C=O) groups is 1. The molecule has 1 aliphatic rings. The van der Waals surface area contributed by atoms with Crippen LogP contribution in [0.2, 0.25) is 0 Å². The Labute approximate surface area is 126 Å². The molecular weight excluding hydrogens is 266 g/mol. The van der Waals surface area contributed by atoms with Crippen LogP contribution in [0.1, 0.15) is 24.8 Å². The molecule has 116 valence electrons. The first kappa shape index (κ1) is 15.8. The Morgan fingerprint density at radius 1 is 1.38 bits per heavy atom. The van der Waals surface area contributed by atoms with Gasteiger partial charge in [0.2, 0.25) is 0 Å². The van der Waals surface area contributed by atoms with E-state index < -0.39 is 0 Å². The molecule has 0 aliphatic carbocycles. The van der Waals surface area contributed by atoms with E-state index in [-0.39, 0.29) is 6.09 Å². The van der Waals surface area contributed by atoms with E-state index in [1.54, 1.807) is 4.90 Å². The number of nitrogens with one attached hydrogen (secondary N) is 1. The van der Waals surface area contributed by atoms with Gasteiger partial charge < -0.3 is 20.7 Å². The number of piperidine rings is 1. The lowest BCUT2D eigenvalue weighted by Gasteiger charge is -2.32. The topological polar surface area (TPSA) is 67.6 Å². The normalized spacial score (nSPS) is 18.5. The maximum atomic E-state index is 12.1. The average molecular weight is 291 g/mol. The van der Waals surface area contributed by atoms with E-state index in [1.807, 2.05) is 30.3 Å². The van der Waals surface area contributed by atoms with Crippen LogP contribution in [-0.4, -0.2) is 43.2 Å². The summed E-state index contributed by atoms with van der Waals surface area (Å²) in [5.41, 5.74) is 6.50. The Morgan fingerprint density at radius 3 is 2.95 bits per heavy atom. The summed E-state index contributed by atoms with van der Waals surface area (Å²) in [4.78, 5) is 13.9. The molecule has 1 aliphatic heterocycles. The molecule has 0 spiro atoms. The molecule has 1 amide bonds. The van der Waals surface area contributed by atoms with Crippen molar-refractivity contribution in [1.29, 1.82) is 0 Å². The van der Waals surface area contributed by atoms with Crippen LogP contribution in [0.3, 0.4) is 0 Å². The highest BCUT2D eigenvalue weighted by atomic mass is 16.6. The van der Waals surface area contributed by atoms with Crippen LogP contribution >= 0.6 is 0 Å². The van der Waals surface area contributed by atoms with Crippen molar-refractivity contribution < 1.29 is 9.53 Å². The zero-order valence-electron chi connectivity index (χ0n) is 12.5. The van der Waals surface area contributed by atoms with E-state index in [0.29, 0.717) is 19.2 Å². The van der Waals surface area contributed by atoms with Gasteiger partial charge in [-0.25, -0.2) is 4.79 Å². The summed E-state index contributed by atoms with van der Waals surface area (Å²) in [5, 5.41) is 3.45. The lowest BCUT2D eigenvalue weighted by Crippen LogP contribution is -2.48. The highest BCUT2D eigenvalue weighted by Gasteiger charge is 2.24. The number of nitrogens with two attached hydrogens (primary N) is 1. The third kappa shape index (κ3) is 5.36. The average Bonchev–Trinajstić information content (AvgIpc) is 2.54. The smallest absolute Gasteiger partial charge is 0.410 e. The maximum absolute atomic E-state index is 12.1. The molecule has 0 unspecified atom stereocenters. The predicted molar refractivity (Wildman–Crippen MR) is 82.9 cm³/mol. The van der Waals surface area contributed by atoms with Crippen molar-refractivity contribution >= 4 is 6.09 Å². The summed E-state index contributed by atoms with van der Waals surface area (Å²) in [6.45, 7) is 3.44. The first-order valence-electron chi connectivity index (χ1n) is 7.68. The molecule has 2 rings (SSSR count). The SMILES string of the molecule is NCCCN[C@H]1CCCN(C(=O)OCc2ccccc2)C1. The Morgan fingerprint density at radius 2 is 2.19 bits per heavy atom. The van der Waals surface area contributed by atoms with Gasteiger partial charge in [-0.05, 0) is 37.9 Å². The van der Waals surface area contributed by atoms with E-state index >= 15 is 0 Å². The van der Waals surface area contributed by atoms with Crippen molar-refractivity contribution in [3.05, 3.63) is 35.9 Å². The van der Waals surface area contributed by atoms with Crippen LogP contribution in [0.15, 0.2) is 30.3 Å². The zero-order valence-corrected chi connectivity index (χ0v) is 12.5. The molecule has 1 saturated heterocycles. The lowest BCUT2D eigenvalue weighted by molar-refractivity contribution is 0.0833. The minimum Gasteiger partial charge on any atom is -0.445 e. The van der Waals surface area contributed by atoms with E-state index in [2.05, 4.69) is 5.32 Å². The number of ether oxygens (including phenoxy) is 1. The molecule has 5 nitrogen and oxygen atoms in total. The molecule has 1 heterocycles. The summed E-state index contributed by atoms with van der Waals surface area (Å²) in [6.07, 6.45) is 2.87. The van der Waals surface area contributed by atoms with E-state index in [4.69, 9.17) is 10.5 Å². The Balaban J connectivity index is 1.74. The molecule has 1 aromatic rings. The number of rotatable bonds is 6. The molecule has 21 heavy (non-hydrogen) atoms. The van der Waals surface area contributed by atoms with Crippen molar-refractivity contribution in [2.24, 2.45) is 5.73 Å². The Hall–Kier alpha value is -1.59. The number of hydrogen-bond acceptors (Lipinski definition) is 4. The van der Waals surface area contributed by atoms with Crippen LogP contribution in [0.25, 0.3) is 0 Å². The molecule has 0 saturated carbocycles. The molecule has 3 N–H and O–H groups in total. The number of amides is 1. The second-order valence-corrected chi connectivity index (χ2v) is 5.42. The van der Waals surface area contributed by atoms with E-state index in [9.17, 15) is 4.79 Å². The van der Waals surface area contributed by atoms with Gasteiger partial charge in [0.25, 0.3) is 0 Å². The summed E-state index contributed by atoms with van der Waals surface area (Å²) in [5.74, 6) is 0. The number of likely N-dealkylation sites (tertiary alicyclic amines) is 1. The quantitative estimate of drug-likeness (QED) is 0.783. The monoisotopic (exact) mass is 291 g/mol. The Kier molecular flexibility index (Phi) is 6.50. The largest absolute Gasteiger partial charge is 0.445 e. The summed E-state index contributed by atoms with van der Waals surface area (Å²) in [6, 6.07) is 10.1. The lowest BCUT2D eigenvalue weighted by atomic mass is 10.1. The minimum atomic E-state index is -0.218. The fourth-order valence-electron chi connectivity index (χ4n) is 2.53. The number of hydrogen-bond donors (Lipinski definition) is 2. The second kappa shape index (κ2) is 8.64. The highest BCUT2D eigenvalue weighted by Crippen LogP contribution is 2.12. The third-order valence-electron chi connectivity index (χ3n) is 3.70. The van der Waals surface area contributed by atoms with Gasteiger partial charge >= 0.3 is 6.09 Å². The molecule has 5 heteroatoms. The van der Waals surface area contributed by atoms with Crippen LogP contribution in [-0.2, 0) is 11.3 Å². The van der Waals surface area contributed by atoms with Gasteiger partial charge in [-0.3, -0.25) is 0 Å². The molecule has 0 bridgehead atoms. The molecule has 0 radical (unpaired) electrons. The van der Waals surface area contributed by atoms with Crippen molar-refractivity contribution in [1.82, 2.24) is 10.2 Å². The van der Waals surface area contributed by atoms with Crippen molar-refractivity contribution in [3.63, 3.8) is 0 Å². The second-order valence-electron chi connectivity index (χ2n) is 5.42. The van der Waals surface area contributed by atoms with Crippen LogP contribution < -0.4 is 11.1 Å². The zero-order chi connectivity index (χ0) is 14.9. The number of nitrogens with zero attached hydrogens (tertiary/aromatic N) is 1. The third-order valence-corrected chi connectivity index (χ3v) is 3.70. The van der Waals surface area contributed by atoms with Crippen LogP contribution in [0, 0.1) is 0 Å². The molecule has 1 fully saturated rings. The molecule has 0 aromatic heterocycles. The predicted octanol–water partition coefficient (Wildman–Crippen LogP) is 1.73. The van der Waals surface area contributed by atoms with E-state index in [1.165, 1.54) is 0 Å². The molecular formula is C16H25N3O2. The van der Waals surface area contributed by atoms with Crippen molar-refractivity contribution in [2.45, 2.75) is 31.9 Å². The van der Waals surface area contributed by atoms with Gasteiger partial charge in [-0.15, -0.1) is 0 Å². The first-order valence-corrected chi connectivity index (χ1v) is 7.68. The highest BCUT2D eigenvalue weighted by molar-refractivity contribution is 5.67. The molecule has 1 aromatic carbocycles. The standard InChI is InChI=1S/C16H25N3O2/c17-9-5-10-18-15-8-4-11-19(12-15)16(20)21-13-14-6-2-1-3-7-14/h1-3,6-7,15,18H,4-5,8-13,17H2/t15-/m0/s1. The van der Waals surface area contributed by atoms with Crippen LogP contribution in [0.4, 0.5) is 4.79 Å². The van der Waals surface area contributed by atoms with Gasteiger partial charge in [0.15, 0.2) is 0 Å². The fourth-order valence-corrected chi connectivity index (χ4v) is 2.53. The number of carbonyl (C=O) groups excluding carboxylic acids is 1. The van der Waals surface area contributed by atoms with Gasteiger partial charge in [0.05, 0.1) is 0 Å². The summed E-state index contributed by atoms with van der Waals surface area (Å²) >= 11 is 0. The van der Waals surface area contributed by atoms with Crippen molar-refractivity contribution in [3.8, 4) is 0 Å². The first-order chi connectivity index (χ1) is 10.3. The van der Waals surface area contributed by atoms with Gasteiger partial charge in [-0.2, -0.15) is 0 Å². The van der Waals surface area contributed by atoms with Gasteiger partial charge in [0.1, 0.15) is 6.61 Å². The van der Waals surface area contributed by atoms with Gasteiger partial charge in [-0.1, -0.05) is 30.3 Å². The maximum Gasteiger partial charge on any atom is 0.410 e. The van der Waals surface area contributed by atoms with Gasteiger partial charge in [0, 0.05) is 19.1 Å². The summed E-state index contributed by atoms with van der Waals surface area (Å²) in [7, 11) is 0. The van der Waals surface area contributed by atoms with Crippen LogP contribution in [0.5, 0.6) is 0 Å². The van der Waals surface area contributed by atoms with Crippen molar-refractivity contribution in [2.75, 3.05) is 26.2 Å². The fraction of sp³-hybridized carbons (Fsp3) is 0.562. The van der Waals surface area contributed by atoms with E-state index in [0.717, 1.165) is 44.5 Å². The number of benzene rings is 1. The minimum absolute atomic E-state index is 0.218.